The SMILES string of the molecule is O=[P+](c1ccccc1)c1cc2nc(-c3ccccc3)c3ccc4ccc5cccnc5c4c3c2cc1-c1ccccc1. The molecule has 1 atom stereocenters. The maximum absolute atomic E-state index is 14.2. The van der Waals surface area contributed by atoms with Crippen molar-refractivity contribution in [2.45, 2.75) is 0 Å². The zero-order valence-electron chi connectivity index (χ0n) is 22.6. The lowest BCUT2D eigenvalue weighted by Crippen LogP contribution is -2.10. The average Bonchev–Trinajstić information content (AvgIpc) is 3.07. The van der Waals surface area contributed by atoms with E-state index < -0.39 is 7.80 Å². The Morgan fingerprint density at radius 1 is 0.548 bits per heavy atom. The summed E-state index contributed by atoms with van der Waals surface area (Å²) in [7, 11) is -1.86. The van der Waals surface area contributed by atoms with E-state index in [4.69, 9.17) is 9.97 Å². The van der Waals surface area contributed by atoms with Crippen LogP contribution in [0.25, 0.3) is 65.7 Å². The van der Waals surface area contributed by atoms with Crippen molar-refractivity contribution < 1.29 is 4.57 Å². The van der Waals surface area contributed by atoms with Crippen molar-refractivity contribution in [3.8, 4) is 22.4 Å². The van der Waals surface area contributed by atoms with Crippen molar-refractivity contribution in [3.63, 3.8) is 0 Å². The second kappa shape index (κ2) is 9.99. The second-order valence-electron chi connectivity index (χ2n) is 10.4. The highest BCUT2D eigenvalue weighted by atomic mass is 31.1. The summed E-state index contributed by atoms with van der Waals surface area (Å²) in [5, 5.41) is 8.11. The molecule has 2 aromatic heterocycles. The van der Waals surface area contributed by atoms with Crippen LogP contribution < -0.4 is 10.6 Å². The van der Waals surface area contributed by atoms with Gasteiger partial charge in [0.15, 0.2) is 5.30 Å². The summed E-state index contributed by atoms with van der Waals surface area (Å²) in [6.45, 7) is 0. The first-order valence-electron chi connectivity index (χ1n) is 14.0. The molecule has 196 valence electrons. The first-order chi connectivity index (χ1) is 20.8. The molecule has 0 fully saturated rings. The fourth-order valence-corrected chi connectivity index (χ4v) is 7.39. The topological polar surface area (TPSA) is 42.9 Å². The summed E-state index contributed by atoms with van der Waals surface area (Å²) in [6.07, 6.45) is 1.86. The van der Waals surface area contributed by atoms with Crippen LogP contribution in [0.2, 0.25) is 0 Å². The molecule has 4 heteroatoms. The molecule has 0 aliphatic carbocycles. The van der Waals surface area contributed by atoms with Crippen LogP contribution in [0.1, 0.15) is 0 Å². The van der Waals surface area contributed by atoms with Gasteiger partial charge in [-0.2, -0.15) is 0 Å². The first kappa shape index (κ1) is 24.5. The molecule has 0 radical (unpaired) electrons. The lowest BCUT2D eigenvalue weighted by molar-refractivity contribution is 0.598. The van der Waals surface area contributed by atoms with Crippen molar-refractivity contribution >= 4 is 61.8 Å². The van der Waals surface area contributed by atoms with Crippen LogP contribution in [0.5, 0.6) is 0 Å². The summed E-state index contributed by atoms with van der Waals surface area (Å²) in [6, 6.07) is 47.2. The Morgan fingerprint density at radius 3 is 1.98 bits per heavy atom. The van der Waals surface area contributed by atoms with Gasteiger partial charge in [-0.3, -0.25) is 4.98 Å². The van der Waals surface area contributed by atoms with Gasteiger partial charge in [-0.1, -0.05) is 114 Å². The van der Waals surface area contributed by atoms with E-state index in [-0.39, 0.29) is 0 Å². The number of rotatable bonds is 4. The largest absolute Gasteiger partial charge is 0.416 e. The molecule has 8 aromatic rings. The van der Waals surface area contributed by atoms with Gasteiger partial charge in [0.2, 0.25) is 5.30 Å². The van der Waals surface area contributed by atoms with E-state index >= 15 is 0 Å². The van der Waals surface area contributed by atoms with Crippen molar-refractivity contribution in [1.82, 2.24) is 9.97 Å². The summed E-state index contributed by atoms with van der Waals surface area (Å²) < 4.78 is 14.2. The molecular formula is C38H24N2OP+. The molecule has 0 aliphatic heterocycles. The molecule has 3 nitrogen and oxygen atoms in total. The average molecular weight is 556 g/mol. The lowest BCUT2D eigenvalue weighted by Gasteiger charge is -2.15. The van der Waals surface area contributed by atoms with Gasteiger partial charge in [0.25, 0.3) is 0 Å². The van der Waals surface area contributed by atoms with E-state index in [9.17, 15) is 4.57 Å². The van der Waals surface area contributed by atoms with Gasteiger partial charge in [-0.05, 0) is 35.2 Å². The van der Waals surface area contributed by atoms with Crippen LogP contribution in [0.4, 0.5) is 0 Å². The van der Waals surface area contributed by atoms with Gasteiger partial charge in [0.05, 0.1) is 16.7 Å². The van der Waals surface area contributed by atoms with E-state index in [0.29, 0.717) is 0 Å². The van der Waals surface area contributed by atoms with E-state index in [2.05, 4.69) is 60.7 Å². The van der Waals surface area contributed by atoms with E-state index in [1.54, 1.807) is 0 Å². The fourth-order valence-electron chi connectivity index (χ4n) is 6.02. The minimum atomic E-state index is -1.86. The van der Waals surface area contributed by atoms with Crippen molar-refractivity contribution in [1.29, 1.82) is 0 Å². The van der Waals surface area contributed by atoms with Gasteiger partial charge in [0.1, 0.15) is 0 Å². The van der Waals surface area contributed by atoms with Crippen LogP contribution in [-0.2, 0) is 4.57 Å². The van der Waals surface area contributed by atoms with Crippen LogP contribution >= 0.6 is 7.80 Å². The molecular weight excluding hydrogens is 531 g/mol. The zero-order chi connectivity index (χ0) is 28.0. The monoisotopic (exact) mass is 555 g/mol. The Kier molecular flexibility index (Phi) is 5.84. The van der Waals surface area contributed by atoms with E-state index in [1.807, 2.05) is 85.1 Å². The quantitative estimate of drug-likeness (QED) is 0.161. The minimum Gasteiger partial charge on any atom is -0.256 e. The second-order valence-corrected chi connectivity index (χ2v) is 12.0. The highest BCUT2D eigenvalue weighted by Gasteiger charge is 2.29. The van der Waals surface area contributed by atoms with Crippen LogP contribution in [0.3, 0.4) is 0 Å². The van der Waals surface area contributed by atoms with E-state index in [0.717, 1.165) is 76.3 Å². The first-order valence-corrected chi connectivity index (χ1v) is 15.2. The molecule has 0 spiro atoms. The maximum atomic E-state index is 14.2. The van der Waals surface area contributed by atoms with Crippen LogP contribution in [-0.4, -0.2) is 9.97 Å². The fraction of sp³-hybridized carbons (Fsp3) is 0. The van der Waals surface area contributed by atoms with Gasteiger partial charge in [-0.15, -0.1) is 0 Å². The molecule has 42 heavy (non-hydrogen) atoms. The van der Waals surface area contributed by atoms with Gasteiger partial charge >= 0.3 is 7.80 Å². The third-order valence-corrected chi connectivity index (χ3v) is 9.54. The third kappa shape index (κ3) is 3.98. The van der Waals surface area contributed by atoms with Crippen molar-refractivity contribution in [2.24, 2.45) is 0 Å². The Labute approximate surface area is 243 Å². The number of nitrogens with zero attached hydrogens (tertiary/aromatic N) is 2. The minimum absolute atomic E-state index is 0.781. The Balaban J connectivity index is 1.58. The number of pyridine rings is 2. The van der Waals surface area contributed by atoms with Gasteiger partial charge < -0.3 is 0 Å². The predicted molar refractivity (Wildman–Crippen MR) is 176 cm³/mol. The Hall–Kier alpha value is -5.24. The molecule has 0 aliphatic rings. The Morgan fingerprint density at radius 2 is 1.21 bits per heavy atom. The number of hydrogen-bond acceptors (Lipinski definition) is 3. The Bertz CT molecular complexity index is 2300. The molecule has 6 aromatic carbocycles. The highest BCUT2D eigenvalue weighted by molar-refractivity contribution is 7.61. The van der Waals surface area contributed by atoms with Crippen LogP contribution in [0, 0.1) is 0 Å². The molecule has 1 unspecified atom stereocenters. The highest BCUT2D eigenvalue weighted by Crippen LogP contribution is 2.41. The third-order valence-electron chi connectivity index (χ3n) is 7.97. The molecule has 0 bridgehead atoms. The summed E-state index contributed by atoms with van der Waals surface area (Å²) in [5.41, 5.74) is 5.70. The summed E-state index contributed by atoms with van der Waals surface area (Å²) in [4.78, 5) is 10.2. The smallest absolute Gasteiger partial charge is 0.256 e. The molecule has 8 rings (SSSR count). The normalized spacial score (nSPS) is 11.9. The van der Waals surface area contributed by atoms with Gasteiger partial charge in [-0.25, -0.2) is 4.98 Å². The van der Waals surface area contributed by atoms with Crippen LogP contribution in [0.15, 0.2) is 146 Å². The molecule has 0 N–H and O–H groups in total. The molecule has 0 saturated carbocycles. The maximum Gasteiger partial charge on any atom is 0.416 e. The van der Waals surface area contributed by atoms with Crippen molar-refractivity contribution in [2.75, 3.05) is 0 Å². The van der Waals surface area contributed by atoms with E-state index in [1.165, 1.54) is 0 Å². The number of aromatic nitrogens is 2. The predicted octanol–water partition coefficient (Wildman–Crippen LogP) is 9.20. The standard InChI is InChI=1S/C38H24N2OP/c41-42(29-16-8-3-9-17-29)34-24-33-32(23-31(34)25-11-4-1-5-12-25)36-30(37(40-33)27-13-6-2-7-14-27)21-20-26-18-19-28-15-10-22-39-38(28)35(26)36/h1-24H/q+1. The molecule has 0 amide bonds. The lowest BCUT2D eigenvalue weighted by atomic mass is 9.92. The number of fused-ring (bicyclic) bond motifs is 7. The van der Waals surface area contributed by atoms with Crippen molar-refractivity contribution in [3.05, 3.63) is 146 Å². The summed E-state index contributed by atoms with van der Waals surface area (Å²) >= 11 is 0. The summed E-state index contributed by atoms with van der Waals surface area (Å²) in [5.74, 6) is 0. The molecule has 0 saturated heterocycles. The molecule has 2 heterocycles. The zero-order valence-corrected chi connectivity index (χ0v) is 23.5. The van der Waals surface area contributed by atoms with Gasteiger partial charge in [0, 0.05) is 50.3 Å². The number of benzene rings is 6. The number of hydrogen-bond donors (Lipinski definition) is 0.